The van der Waals surface area contributed by atoms with Crippen molar-refractivity contribution < 1.29 is 17.9 Å². The molecule has 0 bridgehead atoms. The van der Waals surface area contributed by atoms with Gasteiger partial charge in [-0.3, -0.25) is 0 Å². The lowest BCUT2D eigenvalue weighted by molar-refractivity contribution is 0.152. The van der Waals surface area contributed by atoms with Gasteiger partial charge in [-0.15, -0.1) is 0 Å². The minimum absolute atomic E-state index is 0.136. The maximum Gasteiger partial charge on any atom is 0.240 e. The lowest BCUT2D eigenvalue weighted by Crippen LogP contribution is -2.28. The van der Waals surface area contributed by atoms with Gasteiger partial charge in [0.1, 0.15) is 17.6 Å². The average molecular weight is 295 g/mol. The number of aliphatic hydroxyl groups excluding tert-OH is 1. The van der Waals surface area contributed by atoms with E-state index in [9.17, 15) is 13.5 Å². The van der Waals surface area contributed by atoms with Crippen molar-refractivity contribution in [3.8, 4) is 0 Å². The highest BCUT2D eigenvalue weighted by Gasteiger charge is 2.18. The maximum absolute atomic E-state index is 12.1. The Hall–Kier alpha value is -1.63. The molecule has 1 atom stereocenters. The first kappa shape index (κ1) is 14.8. The molecular weight excluding hydrogens is 278 g/mol. The first-order valence-corrected chi connectivity index (χ1v) is 7.67. The molecule has 0 saturated heterocycles. The van der Waals surface area contributed by atoms with Crippen LogP contribution in [0.4, 0.5) is 0 Å². The second-order valence-corrected chi connectivity index (χ2v) is 6.40. The smallest absolute Gasteiger partial charge is 0.240 e. The van der Waals surface area contributed by atoms with Crippen LogP contribution in [0.3, 0.4) is 0 Å². The first-order chi connectivity index (χ1) is 9.38. The van der Waals surface area contributed by atoms with E-state index in [1.165, 1.54) is 6.07 Å². The summed E-state index contributed by atoms with van der Waals surface area (Å²) in [5.74, 6) is 1.01. The molecule has 1 heterocycles. The van der Waals surface area contributed by atoms with Gasteiger partial charge in [-0.1, -0.05) is 12.1 Å². The summed E-state index contributed by atoms with van der Waals surface area (Å²) < 4.78 is 31.8. The average Bonchev–Trinajstić information content (AvgIpc) is 2.83. The van der Waals surface area contributed by atoms with Crippen LogP contribution >= 0.6 is 0 Å². The molecule has 0 amide bonds. The van der Waals surface area contributed by atoms with Crippen molar-refractivity contribution in [2.24, 2.45) is 0 Å². The molecule has 5 nitrogen and oxygen atoms in total. The molecule has 0 spiro atoms. The molecule has 6 heteroatoms. The summed E-state index contributed by atoms with van der Waals surface area (Å²) in [5.41, 5.74) is 0.857. The Morgan fingerprint density at radius 2 is 2.00 bits per heavy atom. The van der Waals surface area contributed by atoms with E-state index in [1.807, 2.05) is 13.0 Å². The monoisotopic (exact) mass is 295 g/mol. The fraction of sp³-hybridized carbons (Fsp3) is 0.286. The third-order valence-electron chi connectivity index (χ3n) is 2.86. The number of hydrogen-bond donors (Lipinski definition) is 2. The third kappa shape index (κ3) is 3.47. The minimum atomic E-state index is -3.63. The van der Waals surface area contributed by atoms with Crippen LogP contribution in [0.25, 0.3) is 0 Å². The van der Waals surface area contributed by atoms with Gasteiger partial charge in [-0.05, 0) is 43.7 Å². The SMILES string of the molecule is Cc1cccc(S(=O)(=O)NC[C@H](O)c2ccc(C)o2)c1. The Bertz CT molecular complexity index is 691. The van der Waals surface area contributed by atoms with Gasteiger partial charge in [0.05, 0.1) is 4.90 Å². The molecule has 2 rings (SSSR count). The number of sulfonamides is 1. The standard InChI is InChI=1S/C14H17NO4S/c1-10-4-3-5-12(8-10)20(17,18)15-9-13(16)14-7-6-11(2)19-14/h3-8,13,15-16H,9H2,1-2H3/t13-/m0/s1. The topological polar surface area (TPSA) is 79.5 Å². The van der Waals surface area contributed by atoms with E-state index in [1.54, 1.807) is 31.2 Å². The largest absolute Gasteiger partial charge is 0.464 e. The molecular formula is C14H17NO4S. The molecule has 0 radical (unpaired) electrons. The van der Waals surface area contributed by atoms with Gasteiger partial charge >= 0.3 is 0 Å². The van der Waals surface area contributed by atoms with E-state index in [-0.39, 0.29) is 11.4 Å². The second-order valence-electron chi connectivity index (χ2n) is 4.63. The zero-order valence-electron chi connectivity index (χ0n) is 11.3. The molecule has 2 aromatic rings. The lowest BCUT2D eigenvalue weighted by atomic mass is 10.2. The molecule has 0 unspecified atom stereocenters. The molecule has 0 aliphatic rings. The van der Waals surface area contributed by atoms with Crippen LogP contribution in [0.2, 0.25) is 0 Å². The van der Waals surface area contributed by atoms with Crippen LogP contribution in [-0.4, -0.2) is 20.1 Å². The molecule has 1 aromatic carbocycles. The molecule has 20 heavy (non-hydrogen) atoms. The van der Waals surface area contributed by atoms with E-state index >= 15 is 0 Å². The van der Waals surface area contributed by atoms with Gasteiger partial charge < -0.3 is 9.52 Å². The number of furan rings is 1. The predicted octanol–water partition coefficient (Wildman–Crippen LogP) is 1.91. The van der Waals surface area contributed by atoms with E-state index in [2.05, 4.69) is 4.72 Å². The van der Waals surface area contributed by atoms with Gasteiger partial charge in [-0.25, -0.2) is 13.1 Å². The number of rotatable bonds is 5. The Balaban J connectivity index is 2.06. The molecule has 0 saturated carbocycles. The summed E-state index contributed by atoms with van der Waals surface area (Å²) in [6.45, 7) is 3.44. The van der Waals surface area contributed by atoms with Crippen molar-refractivity contribution in [3.05, 3.63) is 53.5 Å². The van der Waals surface area contributed by atoms with Crippen LogP contribution < -0.4 is 4.72 Å². The normalized spacial score (nSPS) is 13.3. The first-order valence-electron chi connectivity index (χ1n) is 6.19. The molecule has 0 aliphatic carbocycles. The lowest BCUT2D eigenvalue weighted by Gasteiger charge is -2.10. The van der Waals surface area contributed by atoms with Gasteiger partial charge in [0, 0.05) is 6.54 Å². The molecule has 0 fully saturated rings. The Kier molecular flexibility index (Phi) is 4.27. The van der Waals surface area contributed by atoms with Crippen molar-refractivity contribution in [1.29, 1.82) is 0 Å². The van der Waals surface area contributed by atoms with Crippen LogP contribution in [0.15, 0.2) is 45.7 Å². The minimum Gasteiger partial charge on any atom is -0.464 e. The van der Waals surface area contributed by atoms with Crippen molar-refractivity contribution in [1.82, 2.24) is 4.72 Å². The zero-order valence-corrected chi connectivity index (χ0v) is 12.1. The van der Waals surface area contributed by atoms with Crippen molar-refractivity contribution in [3.63, 3.8) is 0 Å². The highest BCUT2D eigenvalue weighted by Crippen LogP contribution is 2.16. The van der Waals surface area contributed by atoms with Crippen LogP contribution in [0.5, 0.6) is 0 Å². The number of benzene rings is 1. The van der Waals surface area contributed by atoms with Crippen molar-refractivity contribution in [2.75, 3.05) is 6.54 Å². The van der Waals surface area contributed by atoms with E-state index in [0.717, 1.165) is 5.56 Å². The van der Waals surface area contributed by atoms with Crippen molar-refractivity contribution in [2.45, 2.75) is 24.8 Å². The number of aliphatic hydroxyl groups is 1. The molecule has 0 aliphatic heterocycles. The highest BCUT2D eigenvalue weighted by molar-refractivity contribution is 7.89. The second kappa shape index (κ2) is 5.78. The molecule has 2 N–H and O–H groups in total. The van der Waals surface area contributed by atoms with Crippen LogP contribution in [-0.2, 0) is 10.0 Å². The summed E-state index contributed by atoms with van der Waals surface area (Å²) in [6.07, 6.45) is -1.01. The van der Waals surface area contributed by atoms with Crippen LogP contribution in [0.1, 0.15) is 23.2 Å². The number of nitrogens with one attached hydrogen (secondary N) is 1. The van der Waals surface area contributed by atoms with Crippen LogP contribution in [0, 0.1) is 13.8 Å². The van der Waals surface area contributed by atoms with E-state index in [4.69, 9.17) is 4.42 Å². The fourth-order valence-corrected chi connectivity index (χ4v) is 2.93. The summed E-state index contributed by atoms with van der Waals surface area (Å²) in [6, 6.07) is 9.93. The van der Waals surface area contributed by atoms with E-state index in [0.29, 0.717) is 11.5 Å². The van der Waals surface area contributed by atoms with Gasteiger partial charge in [0.2, 0.25) is 10.0 Å². The maximum atomic E-state index is 12.1. The van der Waals surface area contributed by atoms with Gasteiger partial charge in [-0.2, -0.15) is 0 Å². The van der Waals surface area contributed by atoms with Gasteiger partial charge in [0.25, 0.3) is 0 Å². The zero-order chi connectivity index (χ0) is 14.8. The van der Waals surface area contributed by atoms with E-state index < -0.39 is 16.1 Å². The molecule has 108 valence electrons. The summed E-state index contributed by atoms with van der Waals surface area (Å²) in [4.78, 5) is 0.181. The molecule has 1 aromatic heterocycles. The summed E-state index contributed by atoms with van der Waals surface area (Å²) >= 11 is 0. The summed E-state index contributed by atoms with van der Waals surface area (Å²) in [7, 11) is -3.63. The van der Waals surface area contributed by atoms with Crippen molar-refractivity contribution >= 4 is 10.0 Å². The predicted molar refractivity (Wildman–Crippen MR) is 74.8 cm³/mol. The summed E-state index contributed by atoms with van der Waals surface area (Å²) in [5, 5.41) is 9.88. The number of aryl methyl sites for hydroxylation is 2. The quantitative estimate of drug-likeness (QED) is 0.883. The Morgan fingerprint density at radius 1 is 1.25 bits per heavy atom. The Morgan fingerprint density at radius 3 is 2.60 bits per heavy atom. The van der Waals surface area contributed by atoms with Gasteiger partial charge in [0.15, 0.2) is 0 Å². The highest BCUT2D eigenvalue weighted by atomic mass is 32.2. The third-order valence-corrected chi connectivity index (χ3v) is 4.28. The fourth-order valence-electron chi connectivity index (χ4n) is 1.79. The Labute approximate surface area is 118 Å². The number of hydrogen-bond acceptors (Lipinski definition) is 4.